The van der Waals surface area contributed by atoms with Crippen LogP contribution in [0.1, 0.15) is 62.7 Å². The van der Waals surface area contributed by atoms with E-state index in [9.17, 15) is 9.59 Å². The Hall–Kier alpha value is -2.28. The number of amides is 2. The van der Waals surface area contributed by atoms with Crippen molar-refractivity contribution in [2.45, 2.75) is 64.0 Å². The van der Waals surface area contributed by atoms with E-state index in [1.807, 2.05) is 13.8 Å². The zero-order valence-electron chi connectivity index (χ0n) is 19.9. The van der Waals surface area contributed by atoms with E-state index < -0.39 is 6.04 Å². The van der Waals surface area contributed by atoms with Crippen molar-refractivity contribution in [2.24, 2.45) is 5.92 Å². The fourth-order valence-electron chi connectivity index (χ4n) is 4.23. The van der Waals surface area contributed by atoms with Crippen molar-refractivity contribution >= 4 is 11.8 Å². The molecule has 2 rings (SSSR count). The maximum Gasteiger partial charge on any atom is 0.252 e. The molecule has 1 aliphatic rings. The monoisotopic (exact) mass is 433 g/mol. The minimum Gasteiger partial charge on any atom is -0.497 e. The number of ether oxygens (including phenoxy) is 2. The molecule has 0 aliphatic heterocycles. The first-order valence-corrected chi connectivity index (χ1v) is 11.2. The minimum absolute atomic E-state index is 0.0299. The standard InChI is InChI=1S/C24H39N3O4/c1-17(2)21(26-22(28)18-13-19(30-5)15-20(14-18)31-6)23(29)25-16-24(27(3)4)11-9-7-8-10-12-24/h13-15,17,21H,7-12,16H2,1-6H3,(H,25,29)(H,26,28)/t21-/m1/s1. The lowest BCUT2D eigenvalue weighted by Gasteiger charge is -2.40. The molecule has 0 aromatic heterocycles. The van der Waals surface area contributed by atoms with Gasteiger partial charge < -0.3 is 25.0 Å². The minimum atomic E-state index is -0.630. The van der Waals surface area contributed by atoms with Gasteiger partial charge >= 0.3 is 0 Å². The van der Waals surface area contributed by atoms with Crippen molar-refractivity contribution in [2.75, 3.05) is 34.9 Å². The second kappa shape index (κ2) is 11.4. The van der Waals surface area contributed by atoms with Gasteiger partial charge in [0.25, 0.3) is 5.91 Å². The largest absolute Gasteiger partial charge is 0.497 e. The highest BCUT2D eigenvalue weighted by Crippen LogP contribution is 2.30. The van der Waals surface area contributed by atoms with E-state index in [-0.39, 0.29) is 23.3 Å². The quantitative estimate of drug-likeness (QED) is 0.585. The number of carbonyl (C=O) groups excluding carboxylic acids is 2. The second-order valence-electron chi connectivity index (χ2n) is 9.05. The number of methoxy groups -OCH3 is 2. The number of benzene rings is 1. The van der Waals surface area contributed by atoms with Crippen molar-refractivity contribution in [1.29, 1.82) is 0 Å². The Morgan fingerprint density at radius 2 is 1.55 bits per heavy atom. The molecular formula is C24H39N3O4. The lowest BCUT2D eigenvalue weighted by Crippen LogP contribution is -2.56. The molecule has 174 valence electrons. The van der Waals surface area contributed by atoms with E-state index in [0.29, 0.717) is 23.6 Å². The number of rotatable bonds is 9. The van der Waals surface area contributed by atoms with Gasteiger partial charge in [0.15, 0.2) is 0 Å². The summed E-state index contributed by atoms with van der Waals surface area (Å²) in [7, 11) is 7.26. The molecule has 0 saturated heterocycles. The van der Waals surface area contributed by atoms with Gasteiger partial charge in [-0.3, -0.25) is 9.59 Å². The third-order valence-electron chi connectivity index (χ3n) is 6.42. The van der Waals surface area contributed by atoms with Crippen LogP contribution in [0.15, 0.2) is 18.2 Å². The van der Waals surface area contributed by atoms with Crippen molar-refractivity contribution in [1.82, 2.24) is 15.5 Å². The van der Waals surface area contributed by atoms with Gasteiger partial charge in [0, 0.05) is 23.7 Å². The van der Waals surface area contributed by atoms with Gasteiger partial charge in [-0.15, -0.1) is 0 Å². The highest BCUT2D eigenvalue weighted by molar-refractivity contribution is 5.98. The van der Waals surface area contributed by atoms with Gasteiger partial charge in [-0.1, -0.05) is 39.5 Å². The summed E-state index contributed by atoms with van der Waals surface area (Å²) in [6, 6.07) is 4.35. The van der Waals surface area contributed by atoms with Gasteiger partial charge in [0.05, 0.1) is 14.2 Å². The maximum absolute atomic E-state index is 13.1. The fourth-order valence-corrected chi connectivity index (χ4v) is 4.23. The van der Waals surface area contributed by atoms with Crippen molar-refractivity contribution in [3.8, 4) is 11.5 Å². The SMILES string of the molecule is COc1cc(OC)cc(C(=O)N[C@@H](C(=O)NCC2(N(C)C)CCCCCC2)C(C)C)c1. The van der Waals surface area contributed by atoms with Gasteiger partial charge in [-0.05, 0) is 45.0 Å². The number of nitrogens with one attached hydrogen (secondary N) is 2. The molecule has 0 unspecified atom stereocenters. The summed E-state index contributed by atoms with van der Waals surface area (Å²) in [4.78, 5) is 28.3. The van der Waals surface area contributed by atoms with E-state index in [1.165, 1.54) is 39.9 Å². The number of hydrogen-bond acceptors (Lipinski definition) is 5. The van der Waals surface area contributed by atoms with Crippen LogP contribution in [0.4, 0.5) is 0 Å². The third kappa shape index (κ3) is 6.60. The number of hydrogen-bond donors (Lipinski definition) is 2. The van der Waals surface area contributed by atoms with E-state index in [2.05, 4.69) is 29.6 Å². The van der Waals surface area contributed by atoms with Crippen LogP contribution >= 0.6 is 0 Å². The van der Waals surface area contributed by atoms with Crippen molar-refractivity contribution in [3.05, 3.63) is 23.8 Å². The molecule has 7 heteroatoms. The molecule has 1 aliphatic carbocycles. The summed E-state index contributed by atoms with van der Waals surface area (Å²) < 4.78 is 10.5. The average molecular weight is 434 g/mol. The molecule has 2 N–H and O–H groups in total. The first-order valence-electron chi connectivity index (χ1n) is 11.2. The van der Waals surface area contributed by atoms with Gasteiger partial charge in [-0.25, -0.2) is 0 Å². The average Bonchev–Trinajstić information content (AvgIpc) is 3.01. The summed E-state index contributed by atoms with van der Waals surface area (Å²) in [5, 5.41) is 6.04. The summed E-state index contributed by atoms with van der Waals surface area (Å²) in [5.74, 6) is 0.514. The second-order valence-corrected chi connectivity index (χ2v) is 9.05. The smallest absolute Gasteiger partial charge is 0.252 e. The zero-order chi connectivity index (χ0) is 23.0. The Morgan fingerprint density at radius 1 is 1.00 bits per heavy atom. The molecule has 1 fully saturated rings. The first kappa shape index (κ1) is 25.0. The maximum atomic E-state index is 13.1. The highest BCUT2D eigenvalue weighted by atomic mass is 16.5. The molecule has 0 spiro atoms. The van der Waals surface area contributed by atoms with Gasteiger partial charge in [0.2, 0.25) is 5.91 Å². The Morgan fingerprint density at radius 3 is 2.00 bits per heavy atom. The van der Waals surface area contributed by atoms with E-state index in [1.54, 1.807) is 18.2 Å². The predicted octanol–water partition coefficient (Wildman–Crippen LogP) is 3.23. The van der Waals surface area contributed by atoms with Crippen LogP contribution in [0.25, 0.3) is 0 Å². The Bertz CT molecular complexity index is 718. The van der Waals surface area contributed by atoms with Crippen LogP contribution in [0.2, 0.25) is 0 Å². The molecule has 1 atom stereocenters. The first-order chi connectivity index (χ1) is 14.7. The van der Waals surface area contributed by atoms with E-state index in [0.717, 1.165) is 12.8 Å². The molecule has 0 heterocycles. The molecule has 0 radical (unpaired) electrons. The van der Waals surface area contributed by atoms with Gasteiger partial charge in [0.1, 0.15) is 17.5 Å². The molecule has 1 aromatic carbocycles. The Kier molecular flexibility index (Phi) is 9.16. The molecule has 7 nitrogen and oxygen atoms in total. The molecule has 1 saturated carbocycles. The van der Waals surface area contributed by atoms with Crippen LogP contribution in [0.3, 0.4) is 0 Å². The normalized spacial score (nSPS) is 17.0. The van der Waals surface area contributed by atoms with Crippen LogP contribution in [-0.2, 0) is 4.79 Å². The zero-order valence-corrected chi connectivity index (χ0v) is 19.9. The highest BCUT2D eigenvalue weighted by Gasteiger charge is 2.35. The number of nitrogens with zero attached hydrogens (tertiary/aromatic N) is 1. The molecular weight excluding hydrogens is 394 g/mol. The summed E-state index contributed by atoms with van der Waals surface area (Å²) in [5.41, 5.74) is 0.362. The fraction of sp³-hybridized carbons (Fsp3) is 0.667. The van der Waals surface area contributed by atoms with Gasteiger partial charge in [-0.2, -0.15) is 0 Å². The lowest BCUT2D eigenvalue weighted by molar-refractivity contribution is -0.124. The molecule has 2 amide bonds. The predicted molar refractivity (Wildman–Crippen MR) is 123 cm³/mol. The van der Waals surface area contributed by atoms with Crippen LogP contribution in [0.5, 0.6) is 11.5 Å². The Labute approximate surface area is 186 Å². The molecule has 0 bridgehead atoms. The Balaban J connectivity index is 2.11. The van der Waals surface area contributed by atoms with Crippen LogP contribution in [0, 0.1) is 5.92 Å². The van der Waals surface area contributed by atoms with Crippen molar-refractivity contribution < 1.29 is 19.1 Å². The number of carbonyl (C=O) groups is 2. The summed E-state index contributed by atoms with van der Waals surface area (Å²) in [6.45, 7) is 4.46. The topological polar surface area (TPSA) is 79.9 Å². The van der Waals surface area contributed by atoms with E-state index in [4.69, 9.17) is 9.47 Å². The summed E-state index contributed by atoms with van der Waals surface area (Å²) >= 11 is 0. The van der Waals surface area contributed by atoms with Crippen molar-refractivity contribution in [3.63, 3.8) is 0 Å². The van der Waals surface area contributed by atoms with Crippen LogP contribution in [-0.4, -0.2) is 63.2 Å². The third-order valence-corrected chi connectivity index (χ3v) is 6.42. The molecule has 31 heavy (non-hydrogen) atoms. The summed E-state index contributed by atoms with van der Waals surface area (Å²) in [6.07, 6.45) is 6.99. The molecule has 1 aromatic rings. The lowest BCUT2D eigenvalue weighted by atomic mass is 9.88. The number of likely N-dealkylation sites (N-methyl/N-ethyl adjacent to an activating group) is 1. The van der Waals surface area contributed by atoms with Crippen LogP contribution < -0.4 is 20.1 Å². The van der Waals surface area contributed by atoms with E-state index >= 15 is 0 Å².